The normalized spacial score (nSPS) is 13.5. The van der Waals surface area contributed by atoms with Gasteiger partial charge in [0.15, 0.2) is 5.65 Å². The van der Waals surface area contributed by atoms with E-state index in [1.807, 2.05) is 18.3 Å². The van der Waals surface area contributed by atoms with Gasteiger partial charge in [-0.25, -0.2) is 15.0 Å². The highest BCUT2D eigenvalue weighted by atomic mass is 15.1. The standard InChI is InChI=1S/C31H18N4/c1-2-6-19-17(5-1)15-24-20(19)11-12-21-25(24)16-18-9-10-23-28(27(18)21)22-7-3-14-33-30(22)35-26-8-4-13-32-29(26)34-31(23)35/h1-14H,15-16H2. The number of fused-ring (bicyclic) bond motifs is 16. The van der Waals surface area contributed by atoms with Gasteiger partial charge in [0.2, 0.25) is 0 Å². The number of benzene rings is 3. The van der Waals surface area contributed by atoms with E-state index in [2.05, 4.69) is 70.0 Å². The van der Waals surface area contributed by atoms with E-state index in [1.54, 1.807) is 6.20 Å². The van der Waals surface area contributed by atoms with Crippen LogP contribution in [0.25, 0.3) is 60.9 Å². The number of hydrogen-bond donors (Lipinski definition) is 0. The fraction of sp³-hybridized carbons (Fsp3) is 0.0645. The van der Waals surface area contributed by atoms with Crippen LogP contribution < -0.4 is 0 Å². The molecule has 7 aromatic rings. The highest BCUT2D eigenvalue weighted by Gasteiger charge is 2.30. The van der Waals surface area contributed by atoms with Crippen molar-refractivity contribution in [3.05, 3.63) is 107 Å². The minimum atomic E-state index is 0.753. The minimum absolute atomic E-state index is 0.753. The van der Waals surface area contributed by atoms with Gasteiger partial charge in [0, 0.05) is 28.6 Å². The lowest BCUT2D eigenvalue weighted by atomic mass is 9.94. The van der Waals surface area contributed by atoms with Gasteiger partial charge in [-0.1, -0.05) is 48.5 Å². The first-order valence-electron chi connectivity index (χ1n) is 12.1. The molecule has 0 fully saturated rings. The summed E-state index contributed by atoms with van der Waals surface area (Å²) in [6, 6.07) is 26.4. The molecule has 3 aromatic carbocycles. The third-order valence-electron chi connectivity index (χ3n) is 7.97. The van der Waals surface area contributed by atoms with Crippen LogP contribution in [0, 0.1) is 0 Å². The van der Waals surface area contributed by atoms with Gasteiger partial charge < -0.3 is 0 Å². The number of nitrogens with zero attached hydrogens (tertiary/aromatic N) is 4. The molecule has 9 rings (SSSR count). The van der Waals surface area contributed by atoms with E-state index in [4.69, 9.17) is 9.97 Å². The topological polar surface area (TPSA) is 43.1 Å². The van der Waals surface area contributed by atoms with Crippen molar-refractivity contribution in [2.45, 2.75) is 12.8 Å². The molecule has 2 aliphatic rings. The molecular formula is C31H18N4. The van der Waals surface area contributed by atoms with Crippen molar-refractivity contribution in [3.8, 4) is 22.3 Å². The van der Waals surface area contributed by atoms with Crippen LogP contribution in [0.1, 0.15) is 22.3 Å². The third kappa shape index (κ3) is 2.11. The van der Waals surface area contributed by atoms with Gasteiger partial charge in [-0.3, -0.25) is 4.40 Å². The Morgan fingerprint density at radius 2 is 1.40 bits per heavy atom. The largest absolute Gasteiger partial charge is 0.274 e. The molecular weight excluding hydrogens is 428 g/mol. The van der Waals surface area contributed by atoms with Crippen molar-refractivity contribution in [3.63, 3.8) is 0 Å². The molecule has 2 aliphatic carbocycles. The summed E-state index contributed by atoms with van der Waals surface area (Å²) in [4.78, 5) is 14.4. The maximum Gasteiger partial charge on any atom is 0.178 e. The van der Waals surface area contributed by atoms with Crippen molar-refractivity contribution >= 4 is 38.6 Å². The van der Waals surface area contributed by atoms with Gasteiger partial charge >= 0.3 is 0 Å². The average molecular weight is 447 g/mol. The lowest BCUT2D eigenvalue weighted by Gasteiger charge is -2.13. The average Bonchev–Trinajstić information content (AvgIpc) is 3.59. The fourth-order valence-corrected chi connectivity index (χ4v) is 6.55. The first-order valence-corrected chi connectivity index (χ1v) is 12.1. The quantitative estimate of drug-likeness (QED) is 0.243. The summed E-state index contributed by atoms with van der Waals surface area (Å²) in [6.07, 6.45) is 5.67. The molecule has 0 unspecified atom stereocenters. The molecule has 0 aliphatic heterocycles. The molecule has 4 heterocycles. The molecule has 4 heteroatoms. The van der Waals surface area contributed by atoms with Crippen molar-refractivity contribution in [1.29, 1.82) is 0 Å². The predicted molar refractivity (Wildman–Crippen MR) is 140 cm³/mol. The number of imidazole rings is 1. The zero-order valence-electron chi connectivity index (χ0n) is 18.8. The number of hydrogen-bond acceptors (Lipinski definition) is 3. The first kappa shape index (κ1) is 17.8. The van der Waals surface area contributed by atoms with Crippen LogP contribution in [0.2, 0.25) is 0 Å². The Bertz CT molecular complexity index is 2070. The molecule has 35 heavy (non-hydrogen) atoms. The fourth-order valence-electron chi connectivity index (χ4n) is 6.55. The van der Waals surface area contributed by atoms with Crippen molar-refractivity contribution in [2.24, 2.45) is 0 Å². The molecule has 0 radical (unpaired) electrons. The molecule has 162 valence electrons. The summed E-state index contributed by atoms with van der Waals surface area (Å²) < 4.78 is 2.17. The first-order chi connectivity index (χ1) is 17.4. The van der Waals surface area contributed by atoms with E-state index in [0.29, 0.717) is 0 Å². The maximum atomic E-state index is 4.97. The van der Waals surface area contributed by atoms with Gasteiger partial charge in [-0.15, -0.1) is 0 Å². The number of aromatic nitrogens is 4. The van der Waals surface area contributed by atoms with Gasteiger partial charge in [0.25, 0.3) is 0 Å². The van der Waals surface area contributed by atoms with E-state index < -0.39 is 0 Å². The van der Waals surface area contributed by atoms with Crippen LogP contribution in [0.5, 0.6) is 0 Å². The maximum absolute atomic E-state index is 4.97. The monoisotopic (exact) mass is 446 g/mol. The van der Waals surface area contributed by atoms with Gasteiger partial charge in [0.05, 0.1) is 5.52 Å². The Balaban J connectivity index is 1.44. The van der Waals surface area contributed by atoms with E-state index >= 15 is 0 Å². The van der Waals surface area contributed by atoms with Crippen molar-refractivity contribution < 1.29 is 0 Å². The van der Waals surface area contributed by atoms with Gasteiger partial charge in [0.1, 0.15) is 11.3 Å². The zero-order chi connectivity index (χ0) is 22.7. The van der Waals surface area contributed by atoms with Crippen molar-refractivity contribution in [1.82, 2.24) is 19.4 Å². The summed E-state index contributed by atoms with van der Waals surface area (Å²) in [7, 11) is 0. The van der Waals surface area contributed by atoms with Crippen LogP contribution >= 0.6 is 0 Å². The lowest BCUT2D eigenvalue weighted by molar-refractivity contribution is 1.16. The summed E-state index contributed by atoms with van der Waals surface area (Å²) in [5.74, 6) is 0. The van der Waals surface area contributed by atoms with Crippen LogP contribution in [-0.4, -0.2) is 19.4 Å². The van der Waals surface area contributed by atoms with E-state index in [-0.39, 0.29) is 0 Å². The highest BCUT2D eigenvalue weighted by Crippen LogP contribution is 2.49. The van der Waals surface area contributed by atoms with Crippen LogP contribution in [0.15, 0.2) is 85.2 Å². The number of pyridine rings is 3. The molecule has 0 saturated heterocycles. The molecule has 0 bridgehead atoms. The lowest BCUT2D eigenvalue weighted by Crippen LogP contribution is -1.95. The second-order valence-corrected chi connectivity index (χ2v) is 9.64. The molecule has 4 aromatic heterocycles. The Kier molecular flexibility index (Phi) is 3.11. The Hall–Kier alpha value is -4.57. The second-order valence-electron chi connectivity index (χ2n) is 9.64. The van der Waals surface area contributed by atoms with Crippen molar-refractivity contribution in [2.75, 3.05) is 0 Å². The van der Waals surface area contributed by atoms with Gasteiger partial charge in [-0.2, -0.15) is 0 Å². The summed E-state index contributed by atoms with van der Waals surface area (Å²) in [5, 5.41) is 3.56. The summed E-state index contributed by atoms with van der Waals surface area (Å²) in [5.41, 5.74) is 14.9. The SMILES string of the molecule is c1ccc2c(c1)Cc1c-2ccc2c1Cc1ccc3c(c1-2)c1cccnc1n1c2cccnc2nc31. The zero-order valence-corrected chi connectivity index (χ0v) is 18.8. The highest BCUT2D eigenvalue weighted by molar-refractivity contribution is 6.19. The smallest absolute Gasteiger partial charge is 0.178 e. The Morgan fingerprint density at radius 1 is 0.600 bits per heavy atom. The molecule has 4 nitrogen and oxygen atoms in total. The third-order valence-corrected chi connectivity index (χ3v) is 7.97. The predicted octanol–water partition coefficient (Wildman–Crippen LogP) is 6.73. The van der Waals surface area contributed by atoms with E-state index in [1.165, 1.54) is 49.9 Å². The minimum Gasteiger partial charge on any atom is -0.274 e. The van der Waals surface area contributed by atoms with E-state index in [9.17, 15) is 0 Å². The van der Waals surface area contributed by atoms with Crippen LogP contribution in [-0.2, 0) is 12.8 Å². The van der Waals surface area contributed by atoms with Gasteiger partial charge in [-0.05, 0) is 81.6 Å². The summed E-state index contributed by atoms with van der Waals surface area (Å²) in [6.45, 7) is 0. The van der Waals surface area contributed by atoms with E-state index in [0.717, 1.165) is 46.1 Å². The molecule has 0 spiro atoms. The Labute approximate surface area is 200 Å². The molecule has 0 atom stereocenters. The van der Waals surface area contributed by atoms with Crippen LogP contribution in [0.3, 0.4) is 0 Å². The number of rotatable bonds is 0. The molecule has 0 N–H and O–H groups in total. The van der Waals surface area contributed by atoms with Crippen LogP contribution in [0.4, 0.5) is 0 Å². The molecule has 0 amide bonds. The Morgan fingerprint density at radius 3 is 2.40 bits per heavy atom. The second kappa shape index (κ2) is 6.10. The summed E-state index contributed by atoms with van der Waals surface area (Å²) >= 11 is 0. The molecule has 0 saturated carbocycles.